The fraction of sp³-hybridized carbons (Fsp3) is 0.294. The molecule has 0 saturated heterocycles. The molecule has 0 unspecified atom stereocenters. The van der Waals surface area contributed by atoms with Crippen molar-refractivity contribution in [2.45, 2.75) is 26.3 Å². The minimum Gasteiger partial charge on any atom is -0.327 e. The standard InChI is InChI=1S/C17H18ClN3/c1-13-3-2-4-15-17(13)21(16(20-15)5-9-18)12-8-14-6-10-19-11-7-14/h2-4,6-7,10-11H,5,8-9,12H2,1H3. The maximum absolute atomic E-state index is 5.93. The van der Waals surface area contributed by atoms with Crippen LogP contribution in [0.25, 0.3) is 11.0 Å². The molecular weight excluding hydrogens is 282 g/mol. The molecule has 0 spiro atoms. The first-order chi connectivity index (χ1) is 10.3. The van der Waals surface area contributed by atoms with Crippen LogP contribution in [0.5, 0.6) is 0 Å². The number of aryl methyl sites for hydroxylation is 4. The number of fused-ring (bicyclic) bond motifs is 1. The van der Waals surface area contributed by atoms with E-state index in [0.717, 1.165) is 30.7 Å². The van der Waals surface area contributed by atoms with Crippen LogP contribution in [0.3, 0.4) is 0 Å². The van der Waals surface area contributed by atoms with Crippen molar-refractivity contribution in [2.75, 3.05) is 5.88 Å². The van der Waals surface area contributed by atoms with E-state index in [0.29, 0.717) is 5.88 Å². The zero-order valence-corrected chi connectivity index (χ0v) is 12.8. The van der Waals surface area contributed by atoms with Crippen LogP contribution >= 0.6 is 11.6 Å². The van der Waals surface area contributed by atoms with Gasteiger partial charge in [-0.2, -0.15) is 0 Å². The number of nitrogens with zero attached hydrogens (tertiary/aromatic N) is 3. The molecule has 0 aliphatic carbocycles. The van der Waals surface area contributed by atoms with Crippen molar-refractivity contribution < 1.29 is 0 Å². The van der Waals surface area contributed by atoms with Crippen molar-refractivity contribution >= 4 is 22.6 Å². The summed E-state index contributed by atoms with van der Waals surface area (Å²) in [5.74, 6) is 1.67. The highest BCUT2D eigenvalue weighted by Crippen LogP contribution is 2.21. The summed E-state index contributed by atoms with van der Waals surface area (Å²) in [4.78, 5) is 8.81. The molecule has 3 aromatic rings. The quantitative estimate of drug-likeness (QED) is 0.672. The van der Waals surface area contributed by atoms with Gasteiger partial charge in [-0.15, -0.1) is 11.6 Å². The Morgan fingerprint density at radius 3 is 2.67 bits per heavy atom. The number of para-hydroxylation sites is 1. The number of hydrogen-bond donors (Lipinski definition) is 0. The van der Waals surface area contributed by atoms with Gasteiger partial charge in [0.05, 0.1) is 11.0 Å². The molecule has 108 valence electrons. The number of imidazole rings is 1. The molecule has 1 aromatic carbocycles. The van der Waals surface area contributed by atoms with Crippen molar-refractivity contribution in [1.29, 1.82) is 0 Å². The van der Waals surface area contributed by atoms with Gasteiger partial charge >= 0.3 is 0 Å². The number of pyridine rings is 1. The molecule has 0 fully saturated rings. The summed E-state index contributed by atoms with van der Waals surface area (Å²) < 4.78 is 2.31. The summed E-state index contributed by atoms with van der Waals surface area (Å²) in [7, 11) is 0. The summed E-state index contributed by atoms with van der Waals surface area (Å²) in [6.07, 6.45) is 5.45. The van der Waals surface area contributed by atoms with Gasteiger partial charge in [0, 0.05) is 31.2 Å². The Bertz CT molecular complexity index is 734. The van der Waals surface area contributed by atoms with Crippen LogP contribution in [0.15, 0.2) is 42.7 Å². The van der Waals surface area contributed by atoms with Gasteiger partial charge in [0.15, 0.2) is 0 Å². The van der Waals surface area contributed by atoms with Gasteiger partial charge in [0.2, 0.25) is 0 Å². The molecule has 3 nitrogen and oxygen atoms in total. The Balaban J connectivity index is 1.97. The Kier molecular flexibility index (Phi) is 4.20. The van der Waals surface area contributed by atoms with E-state index < -0.39 is 0 Å². The zero-order chi connectivity index (χ0) is 14.7. The molecule has 2 aromatic heterocycles. The number of benzene rings is 1. The third-order valence-corrected chi connectivity index (χ3v) is 3.93. The zero-order valence-electron chi connectivity index (χ0n) is 12.1. The van der Waals surface area contributed by atoms with Crippen LogP contribution in [-0.2, 0) is 19.4 Å². The molecule has 0 aliphatic rings. The molecule has 0 saturated carbocycles. The van der Waals surface area contributed by atoms with E-state index in [1.165, 1.54) is 16.6 Å². The lowest BCUT2D eigenvalue weighted by molar-refractivity contribution is 0.673. The van der Waals surface area contributed by atoms with Crippen LogP contribution in [0.4, 0.5) is 0 Å². The number of halogens is 1. The molecule has 0 amide bonds. The third-order valence-electron chi connectivity index (χ3n) is 3.74. The predicted molar refractivity (Wildman–Crippen MR) is 86.8 cm³/mol. The van der Waals surface area contributed by atoms with Crippen LogP contribution < -0.4 is 0 Å². The van der Waals surface area contributed by atoms with Gasteiger partial charge < -0.3 is 4.57 Å². The number of rotatable bonds is 5. The molecule has 0 atom stereocenters. The molecule has 0 radical (unpaired) electrons. The van der Waals surface area contributed by atoms with E-state index in [9.17, 15) is 0 Å². The summed E-state index contributed by atoms with van der Waals surface area (Å²) >= 11 is 5.93. The van der Waals surface area contributed by atoms with Crippen LogP contribution in [0.2, 0.25) is 0 Å². The van der Waals surface area contributed by atoms with Gasteiger partial charge in [-0.25, -0.2) is 4.98 Å². The van der Waals surface area contributed by atoms with Gasteiger partial charge in [0.1, 0.15) is 5.82 Å². The second kappa shape index (κ2) is 6.27. The average Bonchev–Trinajstić information content (AvgIpc) is 2.85. The second-order valence-electron chi connectivity index (χ2n) is 5.17. The first-order valence-corrected chi connectivity index (χ1v) is 7.72. The first-order valence-electron chi connectivity index (χ1n) is 7.19. The average molecular weight is 300 g/mol. The fourth-order valence-electron chi connectivity index (χ4n) is 2.72. The van der Waals surface area contributed by atoms with E-state index in [-0.39, 0.29) is 0 Å². The number of hydrogen-bond acceptors (Lipinski definition) is 2. The lowest BCUT2D eigenvalue weighted by Crippen LogP contribution is -2.07. The third kappa shape index (κ3) is 2.93. The van der Waals surface area contributed by atoms with Crippen molar-refractivity contribution in [3.63, 3.8) is 0 Å². The Hall–Kier alpha value is -1.87. The molecule has 4 heteroatoms. The smallest absolute Gasteiger partial charge is 0.111 e. The summed E-state index contributed by atoms with van der Waals surface area (Å²) in [5, 5.41) is 0. The highest BCUT2D eigenvalue weighted by atomic mass is 35.5. The van der Waals surface area contributed by atoms with Crippen molar-refractivity contribution in [3.8, 4) is 0 Å². The minimum atomic E-state index is 0.595. The normalized spacial score (nSPS) is 11.1. The van der Waals surface area contributed by atoms with Crippen LogP contribution in [0.1, 0.15) is 17.0 Å². The lowest BCUT2D eigenvalue weighted by atomic mass is 10.2. The van der Waals surface area contributed by atoms with Gasteiger partial charge in [-0.05, 0) is 42.7 Å². The van der Waals surface area contributed by atoms with Gasteiger partial charge in [-0.3, -0.25) is 4.98 Å². The molecule has 3 rings (SSSR count). The monoisotopic (exact) mass is 299 g/mol. The SMILES string of the molecule is Cc1cccc2nc(CCCl)n(CCc3ccncc3)c12. The van der Waals surface area contributed by atoms with Crippen molar-refractivity contribution in [1.82, 2.24) is 14.5 Å². The number of alkyl halides is 1. The molecule has 0 bridgehead atoms. The summed E-state index contributed by atoms with van der Waals surface area (Å²) in [6.45, 7) is 3.05. The first kappa shape index (κ1) is 14.1. The molecule has 2 heterocycles. The highest BCUT2D eigenvalue weighted by molar-refractivity contribution is 6.17. The van der Waals surface area contributed by atoms with E-state index in [2.05, 4.69) is 46.8 Å². The summed E-state index contributed by atoms with van der Waals surface area (Å²) in [6, 6.07) is 10.4. The van der Waals surface area contributed by atoms with Crippen molar-refractivity contribution in [2.24, 2.45) is 0 Å². The molecule has 21 heavy (non-hydrogen) atoms. The molecule has 0 N–H and O–H groups in total. The Morgan fingerprint density at radius 1 is 1.10 bits per heavy atom. The van der Waals surface area contributed by atoms with E-state index in [4.69, 9.17) is 16.6 Å². The Labute approximate surface area is 129 Å². The maximum atomic E-state index is 5.93. The highest BCUT2D eigenvalue weighted by Gasteiger charge is 2.12. The molecule has 0 aliphatic heterocycles. The van der Waals surface area contributed by atoms with Crippen LogP contribution in [-0.4, -0.2) is 20.4 Å². The second-order valence-corrected chi connectivity index (χ2v) is 5.54. The van der Waals surface area contributed by atoms with E-state index in [1.54, 1.807) is 0 Å². The minimum absolute atomic E-state index is 0.595. The van der Waals surface area contributed by atoms with Crippen LogP contribution in [0, 0.1) is 6.92 Å². The predicted octanol–water partition coefficient (Wildman–Crippen LogP) is 3.76. The van der Waals surface area contributed by atoms with E-state index >= 15 is 0 Å². The van der Waals surface area contributed by atoms with Gasteiger partial charge in [-0.1, -0.05) is 12.1 Å². The van der Waals surface area contributed by atoms with Gasteiger partial charge in [0.25, 0.3) is 0 Å². The van der Waals surface area contributed by atoms with E-state index in [1.807, 2.05) is 12.4 Å². The summed E-state index contributed by atoms with van der Waals surface area (Å²) in [5.41, 5.74) is 4.84. The van der Waals surface area contributed by atoms with Crippen molar-refractivity contribution in [3.05, 3.63) is 59.7 Å². The fourth-order valence-corrected chi connectivity index (χ4v) is 2.89. The topological polar surface area (TPSA) is 30.7 Å². The molecular formula is C17H18ClN3. The lowest BCUT2D eigenvalue weighted by Gasteiger charge is -2.10. The Morgan fingerprint density at radius 2 is 1.90 bits per heavy atom. The largest absolute Gasteiger partial charge is 0.327 e. The number of aromatic nitrogens is 3. The maximum Gasteiger partial charge on any atom is 0.111 e.